The van der Waals surface area contributed by atoms with Crippen molar-refractivity contribution in [3.63, 3.8) is 0 Å². The van der Waals surface area contributed by atoms with Gasteiger partial charge in [0.15, 0.2) is 11.0 Å². The Bertz CT molecular complexity index is 1110. The number of nitrogens with zero attached hydrogens (tertiary/aromatic N) is 3. The predicted octanol–water partition coefficient (Wildman–Crippen LogP) is 4.44. The van der Waals surface area contributed by atoms with E-state index in [4.69, 9.17) is 23.2 Å². The first-order valence-corrected chi connectivity index (χ1v) is 11.9. The molecule has 3 aromatic rings. The van der Waals surface area contributed by atoms with Crippen LogP contribution < -0.4 is 4.72 Å². The van der Waals surface area contributed by atoms with Gasteiger partial charge in [-0.15, -0.1) is 10.2 Å². The van der Waals surface area contributed by atoms with E-state index in [-0.39, 0.29) is 18.1 Å². The third-order valence-electron chi connectivity index (χ3n) is 3.96. The van der Waals surface area contributed by atoms with Crippen LogP contribution in [0.3, 0.4) is 0 Å². The van der Waals surface area contributed by atoms with Gasteiger partial charge < -0.3 is 0 Å². The molecule has 11 heteroatoms. The lowest BCUT2D eigenvalue weighted by Crippen LogP contribution is -2.26. The van der Waals surface area contributed by atoms with E-state index >= 15 is 0 Å². The smallest absolute Gasteiger partial charge is 0.211 e. The number of benzene rings is 2. The lowest BCUT2D eigenvalue weighted by Gasteiger charge is -2.13. The molecule has 0 spiro atoms. The molecule has 0 amide bonds. The molecule has 0 unspecified atom stereocenters. The molecular weight excluding hydrogens is 458 g/mol. The minimum Gasteiger partial charge on any atom is -0.271 e. The Morgan fingerprint density at radius 1 is 1.14 bits per heavy atom. The van der Waals surface area contributed by atoms with Crippen LogP contribution >= 0.6 is 35.0 Å². The van der Waals surface area contributed by atoms with Crippen molar-refractivity contribution in [2.75, 3.05) is 5.75 Å². The maximum atomic E-state index is 13.1. The first kappa shape index (κ1) is 22.0. The van der Waals surface area contributed by atoms with Crippen LogP contribution in [-0.2, 0) is 22.3 Å². The lowest BCUT2D eigenvalue weighted by molar-refractivity contribution is 0.579. The molecule has 1 heterocycles. The molecule has 0 fully saturated rings. The summed E-state index contributed by atoms with van der Waals surface area (Å²) in [5.74, 6) is 0.522. The van der Waals surface area contributed by atoms with E-state index < -0.39 is 10.0 Å². The van der Waals surface area contributed by atoms with Crippen molar-refractivity contribution in [2.45, 2.75) is 24.4 Å². The van der Waals surface area contributed by atoms with Crippen molar-refractivity contribution in [1.82, 2.24) is 19.5 Å². The normalized spacial score (nSPS) is 11.7. The minimum absolute atomic E-state index is 0.0504. The van der Waals surface area contributed by atoms with Crippen molar-refractivity contribution in [3.05, 3.63) is 69.7 Å². The topological polar surface area (TPSA) is 76.9 Å². The van der Waals surface area contributed by atoms with Crippen LogP contribution in [0.15, 0.2) is 47.6 Å². The standard InChI is InChI=1S/C18H17Cl2FN4O2S2/c1-2-29(26,27)22-10-17-23-24-18(28-11-12-3-6-14(21)7-4-12)25(17)16-9-13(19)5-8-15(16)20/h3-9,22H,2,10-11H2,1H3. The third kappa shape index (κ3) is 5.70. The SMILES string of the molecule is CCS(=O)(=O)NCc1nnc(SCc2ccc(F)cc2)n1-c1cc(Cl)ccc1Cl. The molecule has 0 atom stereocenters. The highest BCUT2D eigenvalue weighted by Crippen LogP contribution is 2.31. The third-order valence-corrected chi connectivity index (χ3v) is 6.86. The van der Waals surface area contributed by atoms with E-state index in [0.29, 0.717) is 32.5 Å². The number of rotatable bonds is 8. The van der Waals surface area contributed by atoms with E-state index in [1.165, 1.54) is 23.9 Å². The van der Waals surface area contributed by atoms with E-state index in [9.17, 15) is 12.8 Å². The molecule has 0 aliphatic heterocycles. The first-order chi connectivity index (χ1) is 13.8. The quantitative estimate of drug-likeness (QED) is 0.488. The number of aromatic nitrogens is 3. The Morgan fingerprint density at radius 2 is 1.86 bits per heavy atom. The molecule has 0 radical (unpaired) electrons. The summed E-state index contributed by atoms with van der Waals surface area (Å²) in [5.41, 5.74) is 1.44. The van der Waals surface area contributed by atoms with Crippen molar-refractivity contribution in [1.29, 1.82) is 0 Å². The Balaban J connectivity index is 1.95. The van der Waals surface area contributed by atoms with Gasteiger partial charge >= 0.3 is 0 Å². The monoisotopic (exact) mass is 474 g/mol. The molecule has 0 saturated heterocycles. The summed E-state index contributed by atoms with van der Waals surface area (Å²) in [6, 6.07) is 11.1. The van der Waals surface area contributed by atoms with Gasteiger partial charge in [-0.2, -0.15) is 0 Å². The fourth-order valence-electron chi connectivity index (χ4n) is 2.41. The average molecular weight is 475 g/mol. The molecule has 154 valence electrons. The molecule has 6 nitrogen and oxygen atoms in total. The van der Waals surface area contributed by atoms with Crippen molar-refractivity contribution in [3.8, 4) is 5.69 Å². The number of thioether (sulfide) groups is 1. The van der Waals surface area contributed by atoms with Crippen LogP contribution in [0.2, 0.25) is 10.0 Å². The first-order valence-electron chi connectivity index (χ1n) is 8.53. The number of nitrogens with one attached hydrogen (secondary N) is 1. The summed E-state index contributed by atoms with van der Waals surface area (Å²) in [6.07, 6.45) is 0. The van der Waals surface area contributed by atoms with Gasteiger partial charge in [-0.1, -0.05) is 47.1 Å². The second kappa shape index (κ2) is 9.44. The fourth-order valence-corrected chi connectivity index (χ4v) is 4.25. The summed E-state index contributed by atoms with van der Waals surface area (Å²) >= 11 is 13.9. The predicted molar refractivity (Wildman–Crippen MR) is 114 cm³/mol. The number of hydrogen-bond acceptors (Lipinski definition) is 5. The molecule has 0 saturated carbocycles. The maximum Gasteiger partial charge on any atom is 0.211 e. The second-order valence-electron chi connectivity index (χ2n) is 5.97. The number of halogens is 3. The lowest BCUT2D eigenvalue weighted by atomic mass is 10.2. The maximum absolute atomic E-state index is 13.1. The van der Waals surface area contributed by atoms with Crippen LogP contribution in [0, 0.1) is 5.82 Å². The number of hydrogen-bond donors (Lipinski definition) is 1. The van der Waals surface area contributed by atoms with E-state index in [1.54, 1.807) is 41.8 Å². The highest BCUT2D eigenvalue weighted by Gasteiger charge is 2.19. The van der Waals surface area contributed by atoms with Crippen LogP contribution in [0.4, 0.5) is 4.39 Å². The molecule has 1 N–H and O–H groups in total. The molecule has 0 bridgehead atoms. The summed E-state index contributed by atoms with van der Waals surface area (Å²) in [4.78, 5) is 0. The minimum atomic E-state index is -3.42. The molecule has 0 aliphatic carbocycles. The summed E-state index contributed by atoms with van der Waals surface area (Å²) < 4.78 is 40.9. The van der Waals surface area contributed by atoms with Crippen LogP contribution in [0.1, 0.15) is 18.3 Å². The van der Waals surface area contributed by atoms with Crippen LogP contribution in [-0.4, -0.2) is 28.9 Å². The Morgan fingerprint density at radius 3 is 2.55 bits per heavy atom. The molecule has 1 aromatic heterocycles. The molecule has 2 aromatic carbocycles. The summed E-state index contributed by atoms with van der Waals surface area (Å²) in [7, 11) is -3.42. The van der Waals surface area contributed by atoms with Gasteiger partial charge in [0.2, 0.25) is 10.0 Å². The van der Waals surface area contributed by atoms with Gasteiger partial charge in [0.1, 0.15) is 5.82 Å². The average Bonchev–Trinajstić information content (AvgIpc) is 3.10. The molecule has 3 rings (SSSR count). The van der Waals surface area contributed by atoms with E-state index in [2.05, 4.69) is 14.9 Å². The van der Waals surface area contributed by atoms with Gasteiger partial charge in [-0.25, -0.2) is 17.5 Å². The zero-order valence-electron chi connectivity index (χ0n) is 15.3. The Labute approximate surface area is 182 Å². The van der Waals surface area contributed by atoms with Crippen molar-refractivity contribution in [2.24, 2.45) is 0 Å². The van der Waals surface area contributed by atoms with Crippen molar-refractivity contribution < 1.29 is 12.8 Å². The van der Waals surface area contributed by atoms with Crippen molar-refractivity contribution >= 4 is 45.0 Å². The van der Waals surface area contributed by atoms with Gasteiger partial charge in [-0.05, 0) is 42.8 Å². The Kier molecular flexibility index (Phi) is 7.18. The zero-order valence-corrected chi connectivity index (χ0v) is 18.4. The highest BCUT2D eigenvalue weighted by atomic mass is 35.5. The van der Waals surface area contributed by atoms with Crippen LogP contribution in [0.25, 0.3) is 5.69 Å². The molecular formula is C18H17Cl2FN4O2S2. The highest BCUT2D eigenvalue weighted by molar-refractivity contribution is 7.98. The van der Waals surface area contributed by atoms with E-state index in [0.717, 1.165) is 5.56 Å². The number of sulfonamides is 1. The largest absolute Gasteiger partial charge is 0.271 e. The van der Waals surface area contributed by atoms with Gasteiger partial charge in [0.05, 0.1) is 23.0 Å². The van der Waals surface area contributed by atoms with Gasteiger partial charge in [0.25, 0.3) is 0 Å². The van der Waals surface area contributed by atoms with E-state index in [1.807, 2.05) is 0 Å². The van der Waals surface area contributed by atoms with Crippen LogP contribution in [0.5, 0.6) is 0 Å². The fraction of sp³-hybridized carbons (Fsp3) is 0.222. The summed E-state index contributed by atoms with van der Waals surface area (Å²) in [5, 5.41) is 9.70. The Hall–Kier alpha value is -1.65. The summed E-state index contributed by atoms with van der Waals surface area (Å²) in [6.45, 7) is 1.49. The van der Waals surface area contributed by atoms with Gasteiger partial charge in [0, 0.05) is 10.8 Å². The molecule has 29 heavy (non-hydrogen) atoms. The molecule has 0 aliphatic rings. The second-order valence-corrected chi connectivity index (χ2v) is 9.85. The zero-order chi connectivity index (χ0) is 21.0. The van der Waals surface area contributed by atoms with Gasteiger partial charge in [-0.3, -0.25) is 4.57 Å².